The Labute approximate surface area is 151 Å². The van der Waals surface area contributed by atoms with E-state index < -0.39 is 11.9 Å². The Morgan fingerprint density at radius 2 is 1.88 bits per heavy atom. The van der Waals surface area contributed by atoms with Crippen molar-refractivity contribution in [2.75, 3.05) is 14.2 Å². The number of aliphatic hydroxyl groups is 1. The minimum atomic E-state index is -0.756. The first kappa shape index (κ1) is 18.8. The van der Waals surface area contributed by atoms with Crippen LogP contribution in [0.3, 0.4) is 0 Å². The number of benzene rings is 2. The summed E-state index contributed by atoms with van der Waals surface area (Å²) in [6, 6.07) is 13.3. The molecule has 2 aromatic carbocycles. The van der Waals surface area contributed by atoms with Gasteiger partial charge in [-0.15, -0.1) is 0 Å². The third-order valence-electron chi connectivity index (χ3n) is 3.78. The number of methoxy groups -OCH3 is 2. The van der Waals surface area contributed by atoms with Crippen LogP contribution in [-0.2, 0) is 6.42 Å². The molecular formula is C19H20N3O4+. The number of diazo groups is 1. The lowest BCUT2D eigenvalue weighted by Crippen LogP contribution is -2.38. The van der Waals surface area contributed by atoms with Gasteiger partial charge in [0.2, 0.25) is 11.2 Å². The van der Waals surface area contributed by atoms with Gasteiger partial charge in [-0.1, -0.05) is 30.3 Å². The Balaban J connectivity index is 2.23. The van der Waals surface area contributed by atoms with Gasteiger partial charge in [-0.05, 0) is 23.8 Å². The third kappa shape index (κ3) is 4.74. The molecule has 1 amide bonds. The Bertz CT molecular complexity index is 828. The zero-order chi connectivity index (χ0) is 18.9. The van der Waals surface area contributed by atoms with Gasteiger partial charge >= 0.3 is 6.20 Å². The molecule has 0 saturated heterocycles. The summed E-state index contributed by atoms with van der Waals surface area (Å²) in [6.45, 7) is 0. The summed E-state index contributed by atoms with van der Waals surface area (Å²) in [5.74, 6) is 0.256. The molecule has 0 saturated carbocycles. The van der Waals surface area contributed by atoms with Crippen molar-refractivity contribution in [1.82, 2.24) is 5.32 Å². The quantitative estimate of drug-likeness (QED) is 0.587. The Hall–Kier alpha value is -3.53. The molecule has 7 heteroatoms. The van der Waals surface area contributed by atoms with Crippen molar-refractivity contribution in [3.63, 3.8) is 0 Å². The number of aliphatic hydroxyl groups excluding tert-OH is 1. The molecule has 2 rings (SSSR count). The molecular weight excluding hydrogens is 334 g/mol. The maximum absolute atomic E-state index is 12.6. The summed E-state index contributed by atoms with van der Waals surface area (Å²) >= 11 is 0. The molecule has 134 valence electrons. The van der Waals surface area contributed by atoms with Crippen molar-refractivity contribution in [3.05, 3.63) is 76.6 Å². The zero-order valence-corrected chi connectivity index (χ0v) is 14.5. The smallest absolute Gasteiger partial charge is 0.389 e. The Kier molecular flexibility index (Phi) is 6.57. The SMILES string of the molecule is COc1ccc(C(=O)N[C@H](Cc2ccccc2)C(O)=C[N+]#N)cc1OC. The first-order chi connectivity index (χ1) is 12.6. The van der Waals surface area contributed by atoms with Crippen LogP contribution in [0.4, 0.5) is 0 Å². The van der Waals surface area contributed by atoms with Gasteiger partial charge < -0.3 is 19.9 Å². The molecule has 0 radical (unpaired) electrons. The summed E-state index contributed by atoms with van der Waals surface area (Å²) in [4.78, 5) is 15.4. The van der Waals surface area contributed by atoms with Crippen LogP contribution in [0.25, 0.3) is 4.98 Å². The standard InChI is InChI=1S/C19H19N3O4/c1-25-17-9-8-14(11-18(17)26-2)19(24)22-15(16(23)12-21-20)10-13-6-4-3-5-7-13/h3-9,11-12,15H,10H2,1-2H3,(H-,22,23,24)/p+1/t15-/m1/s1. The van der Waals surface area contributed by atoms with Crippen LogP contribution in [0.1, 0.15) is 15.9 Å². The number of rotatable bonds is 7. The maximum Gasteiger partial charge on any atom is 0.389 e. The Morgan fingerprint density at radius 3 is 2.50 bits per heavy atom. The highest BCUT2D eigenvalue weighted by atomic mass is 16.5. The summed E-state index contributed by atoms with van der Waals surface area (Å²) in [6.07, 6.45) is 1.22. The lowest BCUT2D eigenvalue weighted by molar-refractivity contribution is 0.0933. The van der Waals surface area contributed by atoms with Crippen LogP contribution in [-0.4, -0.2) is 31.3 Å². The molecule has 0 aliphatic heterocycles. The van der Waals surface area contributed by atoms with Gasteiger partial charge in [-0.25, -0.2) is 0 Å². The van der Waals surface area contributed by atoms with Gasteiger partial charge in [0.05, 0.1) is 20.3 Å². The number of carbonyl (C=O) groups is 1. The van der Waals surface area contributed by atoms with Gasteiger partial charge in [0.1, 0.15) is 0 Å². The second-order valence-electron chi connectivity index (χ2n) is 5.45. The Morgan fingerprint density at radius 1 is 1.19 bits per heavy atom. The molecule has 0 heterocycles. The van der Waals surface area contributed by atoms with Crippen LogP contribution < -0.4 is 14.8 Å². The van der Waals surface area contributed by atoms with Gasteiger partial charge in [0.25, 0.3) is 5.91 Å². The first-order valence-corrected chi connectivity index (χ1v) is 7.89. The number of hydrogen-bond donors (Lipinski definition) is 2. The first-order valence-electron chi connectivity index (χ1n) is 7.89. The third-order valence-corrected chi connectivity index (χ3v) is 3.78. The van der Waals surface area contributed by atoms with Crippen LogP contribution in [0, 0.1) is 5.39 Å². The molecule has 0 unspecified atom stereocenters. The zero-order valence-electron chi connectivity index (χ0n) is 14.5. The topological polar surface area (TPSA) is 95.9 Å². The second kappa shape index (κ2) is 9.08. The van der Waals surface area contributed by atoms with Gasteiger partial charge in [-0.3, -0.25) is 4.79 Å². The van der Waals surface area contributed by atoms with Crippen molar-refractivity contribution in [1.29, 1.82) is 5.39 Å². The van der Waals surface area contributed by atoms with E-state index in [-0.39, 0.29) is 5.76 Å². The van der Waals surface area contributed by atoms with E-state index in [1.807, 2.05) is 30.3 Å². The van der Waals surface area contributed by atoms with Crippen LogP contribution in [0.2, 0.25) is 0 Å². The lowest BCUT2D eigenvalue weighted by Gasteiger charge is -2.17. The monoisotopic (exact) mass is 354 g/mol. The van der Waals surface area contributed by atoms with Crippen molar-refractivity contribution in [3.8, 4) is 11.5 Å². The molecule has 0 fully saturated rings. The highest BCUT2D eigenvalue weighted by Crippen LogP contribution is 2.27. The van der Waals surface area contributed by atoms with Crippen LogP contribution in [0.5, 0.6) is 11.5 Å². The fraction of sp³-hybridized carbons (Fsp3) is 0.211. The molecule has 1 atom stereocenters. The number of nitrogens with one attached hydrogen (secondary N) is 1. The molecule has 0 aliphatic rings. The van der Waals surface area contributed by atoms with Crippen molar-refractivity contribution >= 4 is 5.91 Å². The highest BCUT2D eigenvalue weighted by molar-refractivity contribution is 5.95. The van der Waals surface area contributed by atoms with E-state index in [0.29, 0.717) is 23.5 Å². The van der Waals surface area contributed by atoms with E-state index in [1.165, 1.54) is 14.2 Å². The average Bonchev–Trinajstić information content (AvgIpc) is 2.67. The van der Waals surface area contributed by atoms with Crippen molar-refractivity contribution in [2.45, 2.75) is 12.5 Å². The van der Waals surface area contributed by atoms with E-state index in [4.69, 9.17) is 14.9 Å². The second-order valence-corrected chi connectivity index (χ2v) is 5.45. The fourth-order valence-corrected chi connectivity index (χ4v) is 2.45. The van der Waals surface area contributed by atoms with E-state index in [0.717, 1.165) is 11.8 Å². The van der Waals surface area contributed by atoms with Crippen LogP contribution >= 0.6 is 0 Å². The molecule has 0 bridgehead atoms. The minimum Gasteiger partial charge on any atom is -0.504 e. The summed E-state index contributed by atoms with van der Waals surface area (Å²) in [7, 11) is 2.99. The maximum atomic E-state index is 12.6. The van der Waals surface area contributed by atoms with E-state index >= 15 is 0 Å². The number of nitrogens with zero attached hydrogens (tertiary/aromatic N) is 2. The molecule has 2 aromatic rings. The number of carbonyl (C=O) groups excluding carboxylic acids is 1. The average molecular weight is 354 g/mol. The highest BCUT2D eigenvalue weighted by Gasteiger charge is 2.22. The normalized spacial score (nSPS) is 12.0. The van der Waals surface area contributed by atoms with Crippen molar-refractivity contribution in [2.24, 2.45) is 0 Å². The van der Waals surface area contributed by atoms with E-state index in [2.05, 4.69) is 10.3 Å². The lowest BCUT2D eigenvalue weighted by atomic mass is 10.0. The molecule has 7 nitrogen and oxygen atoms in total. The summed E-state index contributed by atoms with van der Waals surface area (Å²) in [5.41, 5.74) is 1.25. The van der Waals surface area contributed by atoms with Gasteiger partial charge in [0, 0.05) is 12.0 Å². The van der Waals surface area contributed by atoms with E-state index in [9.17, 15) is 9.90 Å². The van der Waals surface area contributed by atoms with Gasteiger partial charge in [-0.2, -0.15) is 0 Å². The summed E-state index contributed by atoms with van der Waals surface area (Å²) < 4.78 is 10.4. The van der Waals surface area contributed by atoms with Crippen LogP contribution in [0.15, 0.2) is 60.5 Å². The number of hydrogen-bond acceptors (Lipinski definition) is 5. The van der Waals surface area contributed by atoms with E-state index in [1.54, 1.807) is 18.2 Å². The van der Waals surface area contributed by atoms with Gasteiger partial charge in [0.15, 0.2) is 16.5 Å². The van der Waals surface area contributed by atoms with Crippen molar-refractivity contribution < 1.29 is 19.4 Å². The summed E-state index contributed by atoms with van der Waals surface area (Å²) in [5, 5.41) is 21.5. The minimum absolute atomic E-state index is 0.259. The predicted octanol–water partition coefficient (Wildman–Crippen LogP) is 3.30. The molecule has 0 aliphatic carbocycles. The molecule has 0 spiro atoms. The number of amides is 1. The fourth-order valence-electron chi connectivity index (χ4n) is 2.45. The molecule has 26 heavy (non-hydrogen) atoms. The predicted molar refractivity (Wildman–Crippen MR) is 96.7 cm³/mol. The molecule has 2 N–H and O–H groups in total. The largest absolute Gasteiger partial charge is 0.504 e. The molecule has 0 aromatic heterocycles. The number of ether oxygens (including phenoxy) is 2.